The first-order chi connectivity index (χ1) is 9.20. The van der Waals surface area contributed by atoms with E-state index in [2.05, 4.69) is 5.32 Å². The van der Waals surface area contributed by atoms with Gasteiger partial charge in [-0.3, -0.25) is 4.79 Å². The first kappa shape index (κ1) is 17.1. The van der Waals surface area contributed by atoms with Crippen LogP contribution in [0.5, 0.6) is 0 Å². The number of carbonyl (C=O) groups excluding carboxylic acids is 1. The van der Waals surface area contributed by atoms with Gasteiger partial charge in [0.05, 0.1) is 11.8 Å². The summed E-state index contributed by atoms with van der Waals surface area (Å²) in [6, 6.07) is 6.73. The van der Waals surface area contributed by atoms with Gasteiger partial charge in [-0.05, 0) is 31.2 Å². The number of halogens is 4. The van der Waals surface area contributed by atoms with Gasteiger partial charge in [0.25, 0.3) is 0 Å². The van der Waals surface area contributed by atoms with E-state index < -0.39 is 30.0 Å². The van der Waals surface area contributed by atoms with E-state index in [1.165, 1.54) is 11.8 Å². The van der Waals surface area contributed by atoms with Crippen molar-refractivity contribution in [2.24, 2.45) is 0 Å². The highest BCUT2D eigenvalue weighted by Crippen LogP contribution is 2.25. The maximum Gasteiger partial charge on any atom is 0.416 e. The third-order valence-electron chi connectivity index (χ3n) is 2.34. The Kier molecular flexibility index (Phi) is 6.16. The van der Waals surface area contributed by atoms with Gasteiger partial charge in [-0.1, -0.05) is 11.6 Å². The molecule has 0 bridgehead atoms. The lowest BCUT2D eigenvalue weighted by Gasteiger charge is -2.17. The Bertz CT molecular complexity index is 453. The van der Waals surface area contributed by atoms with E-state index in [0.29, 0.717) is 5.02 Å². The van der Waals surface area contributed by atoms with Crippen molar-refractivity contribution in [3.63, 3.8) is 0 Å². The largest absolute Gasteiger partial charge is 0.416 e. The Labute approximate surface area is 123 Å². The van der Waals surface area contributed by atoms with Gasteiger partial charge in [-0.2, -0.15) is 13.2 Å². The number of alkyl halides is 3. The van der Waals surface area contributed by atoms with Gasteiger partial charge in [0, 0.05) is 9.92 Å². The number of thioether (sulfide) groups is 1. The van der Waals surface area contributed by atoms with E-state index in [0.717, 1.165) is 4.90 Å². The molecule has 1 aromatic rings. The Morgan fingerprint density at radius 3 is 2.45 bits per heavy atom. The highest BCUT2D eigenvalue weighted by atomic mass is 35.5. The monoisotopic (exact) mass is 327 g/mol. The molecule has 1 amide bonds. The van der Waals surface area contributed by atoms with Crippen LogP contribution in [0.1, 0.15) is 6.92 Å². The molecule has 20 heavy (non-hydrogen) atoms. The van der Waals surface area contributed by atoms with Gasteiger partial charge in [0.1, 0.15) is 0 Å². The predicted molar refractivity (Wildman–Crippen MR) is 71.8 cm³/mol. The smallest absolute Gasteiger partial charge is 0.382 e. The van der Waals surface area contributed by atoms with Gasteiger partial charge in [-0.25, -0.2) is 0 Å². The lowest BCUT2D eigenvalue weighted by molar-refractivity contribution is -0.201. The van der Waals surface area contributed by atoms with Crippen LogP contribution in [0, 0.1) is 0 Å². The summed E-state index contributed by atoms with van der Waals surface area (Å²) in [6.07, 6.45) is -7.29. The fourth-order valence-electron chi connectivity index (χ4n) is 1.23. The van der Waals surface area contributed by atoms with Crippen molar-refractivity contribution in [3.8, 4) is 0 Å². The van der Waals surface area contributed by atoms with Crippen molar-refractivity contribution < 1.29 is 23.1 Å². The zero-order valence-corrected chi connectivity index (χ0v) is 12.0. The lowest BCUT2D eigenvalue weighted by Crippen LogP contribution is -2.42. The van der Waals surface area contributed by atoms with Crippen molar-refractivity contribution in [1.82, 2.24) is 5.32 Å². The summed E-state index contributed by atoms with van der Waals surface area (Å²) in [7, 11) is 0. The molecular weight excluding hydrogens is 315 g/mol. The summed E-state index contributed by atoms with van der Waals surface area (Å²) in [4.78, 5) is 12.4. The fourth-order valence-corrected chi connectivity index (χ4v) is 2.25. The number of benzene rings is 1. The average Bonchev–Trinajstić information content (AvgIpc) is 2.36. The van der Waals surface area contributed by atoms with Crippen molar-refractivity contribution in [1.29, 1.82) is 0 Å². The molecule has 112 valence electrons. The van der Waals surface area contributed by atoms with Crippen LogP contribution in [0.3, 0.4) is 0 Å². The van der Waals surface area contributed by atoms with Crippen LogP contribution in [0.4, 0.5) is 13.2 Å². The summed E-state index contributed by atoms with van der Waals surface area (Å²) in [6.45, 7) is 0.711. The molecule has 2 atom stereocenters. The minimum absolute atomic E-state index is 0.555. The van der Waals surface area contributed by atoms with Crippen molar-refractivity contribution in [2.45, 2.75) is 29.3 Å². The molecule has 1 aromatic carbocycles. The Morgan fingerprint density at radius 2 is 1.95 bits per heavy atom. The highest BCUT2D eigenvalue weighted by molar-refractivity contribution is 8.00. The first-order valence-corrected chi connectivity index (χ1v) is 6.90. The zero-order valence-electron chi connectivity index (χ0n) is 10.4. The topological polar surface area (TPSA) is 49.3 Å². The molecule has 3 nitrogen and oxygen atoms in total. The van der Waals surface area contributed by atoms with Gasteiger partial charge in [0.2, 0.25) is 5.91 Å². The molecule has 0 saturated carbocycles. The number of hydrogen-bond acceptors (Lipinski definition) is 3. The van der Waals surface area contributed by atoms with Gasteiger partial charge < -0.3 is 10.4 Å². The van der Waals surface area contributed by atoms with Crippen LogP contribution in [-0.4, -0.2) is 35.1 Å². The number of aliphatic hydroxyl groups excluding tert-OH is 1. The number of carbonyl (C=O) groups is 1. The van der Waals surface area contributed by atoms with Crippen LogP contribution in [-0.2, 0) is 4.79 Å². The van der Waals surface area contributed by atoms with Gasteiger partial charge in [0.15, 0.2) is 6.10 Å². The number of nitrogens with one attached hydrogen (secondary N) is 1. The third-order valence-corrected chi connectivity index (χ3v) is 3.71. The molecule has 0 aromatic heterocycles. The van der Waals surface area contributed by atoms with Gasteiger partial charge in [-0.15, -0.1) is 11.8 Å². The third kappa shape index (κ3) is 5.60. The second kappa shape index (κ2) is 7.19. The SMILES string of the molecule is CC(Sc1ccc(Cl)cc1)C(=O)NCC(O)C(F)(F)F. The molecule has 0 saturated heterocycles. The van der Waals surface area contributed by atoms with Crippen LogP contribution in [0.15, 0.2) is 29.2 Å². The molecule has 0 radical (unpaired) electrons. The highest BCUT2D eigenvalue weighted by Gasteiger charge is 2.38. The van der Waals surface area contributed by atoms with E-state index in [-0.39, 0.29) is 0 Å². The molecule has 0 aliphatic rings. The molecule has 0 aliphatic heterocycles. The quantitative estimate of drug-likeness (QED) is 0.818. The Hall–Kier alpha value is -0.920. The van der Waals surface area contributed by atoms with Crippen LogP contribution in [0.25, 0.3) is 0 Å². The van der Waals surface area contributed by atoms with Crippen molar-refractivity contribution >= 4 is 29.3 Å². The average molecular weight is 328 g/mol. The Balaban J connectivity index is 2.45. The minimum Gasteiger partial charge on any atom is -0.382 e. The summed E-state index contributed by atoms with van der Waals surface area (Å²) < 4.78 is 36.2. The first-order valence-electron chi connectivity index (χ1n) is 5.65. The normalized spacial score (nSPS) is 14.7. The maximum atomic E-state index is 12.1. The predicted octanol–water partition coefficient (Wildman–Crippen LogP) is 2.86. The lowest BCUT2D eigenvalue weighted by atomic mass is 10.3. The molecule has 8 heteroatoms. The molecule has 1 rings (SSSR count). The number of amides is 1. The maximum absolute atomic E-state index is 12.1. The summed E-state index contributed by atoms with van der Waals surface area (Å²) in [5.74, 6) is -0.576. The fraction of sp³-hybridized carbons (Fsp3) is 0.417. The van der Waals surface area contributed by atoms with E-state index in [9.17, 15) is 18.0 Å². The second-order valence-electron chi connectivity index (χ2n) is 4.02. The summed E-state index contributed by atoms with van der Waals surface area (Å²) >= 11 is 6.90. The molecule has 0 fully saturated rings. The molecular formula is C12H13ClF3NO2S. The van der Waals surface area contributed by atoms with E-state index in [1.54, 1.807) is 31.2 Å². The zero-order chi connectivity index (χ0) is 15.3. The van der Waals surface area contributed by atoms with E-state index in [1.807, 2.05) is 0 Å². The van der Waals surface area contributed by atoms with Crippen LogP contribution < -0.4 is 5.32 Å². The van der Waals surface area contributed by atoms with E-state index in [4.69, 9.17) is 16.7 Å². The molecule has 0 aliphatic carbocycles. The minimum atomic E-state index is -4.74. The summed E-state index contributed by atoms with van der Waals surface area (Å²) in [5, 5.41) is 10.8. The Morgan fingerprint density at radius 1 is 1.40 bits per heavy atom. The number of rotatable bonds is 5. The van der Waals surface area contributed by atoms with Gasteiger partial charge >= 0.3 is 6.18 Å². The molecule has 0 spiro atoms. The van der Waals surface area contributed by atoms with Crippen LogP contribution >= 0.6 is 23.4 Å². The molecule has 2 N–H and O–H groups in total. The van der Waals surface area contributed by atoms with E-state index >= 15 is 0 Å². The van der Waals surface area contributed by atoms with Crippen molar-refractivity contribution in [2.75, 3.05) is 6.54 Å². The standard InChI is InChI=1S/C12H13ClF3NO2S/c1-7(20-9-4-2-8(13)3-5-9)11(19)17-6-10(18)12(14,15)16/h2-5,7,10,18H,6H2,1H3,(H,17,19). The number of hydrogen-bond donors (Lipinski definition) is 2. The number of aliphatic hydroxyl groups is 1. The van der Waals surface area contributed by atoms with Crippen molar-refractivity contribution in [3.05, 3.63) is 29.3 Å². The van der Waals surface area contributed by atoms with Crippen LogP contribution in [0.2, 0.25) is 5.02 Å². The molecule has 0 heterocycles. The second-order valence-corrected chi connectivity index (χ2v) is 5.87. The summed E-state index contributed by atoms with van der Waals surface area (Å²) in [5.41, 5.74) is 0. The molecule has 2 unspecified atom stereocenters.